The number of hydrogen-bond acceptors (Lipinski definition) is 3. The SMILES string of the molecule is N#Cc1ccc2c(c1)CCN(CCC1CCC(NC(=O)/C=C/c3cccc4cc[nH]c34)CC1)CC2. The van der Waals surface area contributed by atoms with E-state index in [0.29, 0.717) is 0 Å². The Morgan fingerprint density at radius 3 is 2.74 bits per heavy atom. The van der Waals surface area contributed by atoms with Gasteiger partial charge in [0.05, 0.1) is 17.1 Å². The highest BCUT2D eigenvalue weighted by Crippen LogP contribution is 2.28. The van der Waals surface area contributed by atoms with E-state index in [9.17, 15) is 10.1 Å². The van der Waals surface area contributed by atoms with E-state index < -0.39 is 0 Å². The van der Waals surface area contributed by atoms with Crippen molar-refractivity contribution < 1.29 is 4.79 Å². The Balaban J connectivity index is 1.04. The maximum atomic E-state index is 12.5. The van der Waals surface area contributed by atoms with Crippen LogP contribution in [-0.4, -0.2) is 41.5 Å². The molecule has 5 nitrogen and oxygen atoms in total. The lowest BCUT2D eigenvalue weighted by atomic mass is 9.84. The summed E-state index contributed by atoms with van der Waals surface area (Å²) >= 11 is 0. The predicted octanol–water partition coefficient (Wildman–Crippen LogP) is 5.22. The lowest BCUT2D eigenvalue weighted by molar-refractivity contribution is -0.117. The second-order valence-electron chi connectivity index (χ2n) is 10.1. The smallest absolute Gasteiger partial charge is 0.244 e. The molecule has 0 spiro atoms. The van der Waals surface area contributed by atoms with Gasteiger partial charge in [0.15, 0.2) is 0 Å². The molecule has 35 heavy (non-hydrogen) atoms. The average Bonchev–Trinajstić information content (AvgIpc) is 3.28. The highest BCUT2D eigenvalue weighted by molar-refractivity contribution is 5.95. The van der Waals surface area contributed by atoms with Gasteiger partial charge in [-0.25, -0.2) is 0 Å². The van der Waals surface area contributed by atoms with Gasteiger partial charge in [-0.15, -0.1) is 0 Å². The topological polar surface area (TPSA) is 71.9 Å². The third-order valence-electron chi connectivity index (χ3n) is 7.81. The number of nitrogens with zero attached hydrogens (tertiary/aromatic N) is 2. The number of fused-ring (bicyclic) bond motifs is 2. The molecule has 2 N–H and O–H groups in total. The number of amides is 1. The molecule has 2 aliphatic rings. The first-order valence-corrected chi connectivity index (χ1v) is 13.0. The number of carbonyl (C=O) groups is 1. The van der Waals surface area contributed by atoms with Gasteiger partial charge in [-0.2, -0.15) is 5.26 Å². The van der Waals surface area contributed by atoms with Crippen LogP contribution in [0.25, 0.3) is 17.0 Å². The van der Waals surface area contributed by atoms with Gasteiger partial charge >= 0.3 is 0 Å². The third kappa shape index (κ3) is 5.83. The van der Waals surface area contributed by atoms with Crippen molar-refractivity contribution in [3.05, 3.63) is 77.0 Å². The molecule has 5 heteroatoms. The average molecular weight is 467 g/mol. The number of nitrogens with one attached hydrogen (secondary N) is 2. The number of hydrogen-bond donors (Lipinski definition) is 2. The minimum Gasteiger partial charge on any atom is -0.361 e. The molecule has 1 aliphatic carbocycles. The second-order valence-corrected chi connectivity index (χ2v) is 10.1. The molecule has 0 radical (unpaired) electrons. The van der Waals surface area contributed by atoms with Crippen LogP contribution < -0.4 is 5.32 Å². The fourth-order valence-corrected chi connectivity index (χ4v) is 5.69. The summed E-state index contributed by atoms with van der Waals surface area (Å²) < 4.78 is 0. The van der Waals surface area contributed by atoms with Gasteiger partial charge in [0.1, 0.15) is 0 Å². The van der Waals surface area contributed by atoms with Crippen molar-refractivity contribution in [2.75, 3.05) is 19.6 Å². The lowest BCUT2D eigenvalue weighted by Crippen LogP contribution is -2.37. The first-order chi connectivity index (χ1) is 17.2. The molecule has 2 heterocycles. The van der Waals surface area contributed by atoms with E-state index in [4.69, 9.17) is 0 Å². The summed E-state index contributed by atoms with van der Waals surface area (Å²) in [6.45, 7) is 3.33. The minimum atomic E-state index is 0.000646. The van der Waals surface area contributed by atoms with Crippen LogP contribution in [0.2, 0.25) is 0 Å². The Morgan fingerprint density at radius 1 is 1.09 bits per heavy atom. The highest BCUT2D eigenvalue weighted by Gasteiger charge is 2.23. The molecule has 1 aromatic heterocycles. The van der Waals surface area contributed by atoms with E-state index in [2.05, 4.69) is 39.5 Å². The quantitative estimate of drug-likeness (QED) is 0.489. The molecule has 0 atom stereocenters. The number of rotatable bonds is 6. The first kappa shape index (κ1) is 23.4. The van der Waals surface area contributed by atoms with Gasteiger partial charge in [-0.05, 0) is 104 Å². The standard InChI is InChI=1S/C30H34N4O/c31-21-23-4-7-24-14-18-34(19-15-27(24)20-23)17-13-22-5-9-28(10-6-22)33-29(35)11-8-25-2-1-3-26-12-16-32-30(25)26/h1-4,7-8,11-12,16,20,22,28,32H,5-6,9-10,13-15,17-19H2,(H,33,35)/b11-8+. The maximum absolute atomic E-state index is 12.5. The first-order valence-electron chi connectivity index (χ1n) is 13.0. The molecule has 0 unspecified atom stereocenters. The molecule has 2 aromatic carbocycles. The van der Waals surface area contributed by atoms with Gasteiger partial charge in [0.2, 0.25) is 5.91 Å². The summed E-state index contributed by atoms with van der Waals surface area (Å²) in [7, 11) is 0. The van der Waals surface area contributed by atoms with Crippen molar-refractivity contribution >= 4 is 22.9 Å². The van der Waals surface area contributed by atoms with Gasteiger partial charge in [0, 0.05) is 31.4 Å². The van der Waals surface area contributed by atoms with Gasteiger partial charge in [0.25, 0.3) is 0 Å². The summed E-state index contributed by atoms with van der Waals surface area (Å²) in [5.74, 6) is 0.751. The molecule has 1 amide bonds. The van der Waals surface area contributed by atoms with Crippen molar-refractivity contribution in [2.45, 2.75) is 51.0 Å². The Kier molecular flexibility index (Phi) is 7.30. The van der Waals surface area contributed by atoms with Crippen LogP contribution >= 0.6 is 0 Å². The fourth-order valence-electron chi connectivity index (χ4n) is 5.69. The van der Waals surface area contributed by atoms with Gasteiger partial charge < -0.3 is 15.2 Å². The molecule has 1 saturated carbocycles. The van der Waals surface area contributed by atoms with Crippen LogP contribution in [0, 0.1) is 17.2 Å². The summed E-state index contributed by atoms with van der Waals surface area (Å²) in [6, 6.07) is 16.9. The van der Waals surface area contributed by atoms with Crippen molar-refractivity contribution in [3.63, 3.8) is 0 Å². The number of benzene rings is 2. The van der Waals surface area contributed by atoms with E-state index in [0.717, 1.165) is 73.3 Å². The van der Waals surface area contributed by atoms with E-state index in [1.54, 1.807) is 6.08 Å². The van der Waals surface area contributed by atoms with Crippen molar-refractivity contribution in [2.24, 2.45) is 5.92 Å². The van der Waals surface area contributed by atoms with Crippen LogP contribution in [0.1, 0.15) is 54.4 Å². The van der Waals surface area contributed by atoms with Crippen molar-refractivity contribution in [1.29, 1.82) is 5.26 Å². The van der Waals surface area contributed by atoms with Crippen LogP contribution in [0.5, 0.6) is 0 Å². The van der Waals surface area contributed by atoms with Crippen LogP contribution in [0.15, 0.2) is 54.7 Å². The Bertz CT molecular complexity index is 1240. The van der Waals surface area contributed by atoms with E-state index in [1.807, 2.05) is 36.5 Å². The molecule has 3 aromatic rings. The van der Waals surface area contributed by atoms with Crippen molar-refractivity contribution in [1.82, 2.24) is 15.2 Å². The molecule has 180 valence electrons. The summed E-state index contributed by atoms with van der Waals surface area (Å²) in [5.41, 5.74) is 5.63. The van der Waals surface area contributed by atoms with E-state index >= 15 is 0 Å². The monoisotopic (exact) mass is 466 g/mol. The number of para-hydroxylation sites is 1. The zero-order chi connectivity index (χ0) is 24.0. The normalized spacial score (nSPS) is 20.9. The highest BCUT2D eigenvalue weighted by atomic mass is 16.1. The van der Waals surface area contributed by atoms with Crippen LogP contribution in [0.3, 0.4) is 0 Å². The second kappa shape index (κ2) is 10.9. The molecular weight excluding hydrogens is 432 g/mol. The molecule has 0 bridgehead atoms. The molecule has 5 rings (SSSR count). The number of aromatic nitrogens is 1. The van der Waals surface area contributed by atoms with Crippen LogP contribution in [-0.2, 0) is 17.6 Å². The van der Waals surface area contributed by atoms with Crippen LogP contribution in [0.4, 0.5) is 0 Å². The molecule has 0 saturated heterocycles. The molecule has 1 aliphatic heterocycles. The zero-order valence-electron chi connectivity index (χ0n) is 20.3. The minimum absolute atomic E-state index is 0.000646. The zero-order valence-corrected chi connectivity index (χ0v) is 20.3. The fraction of sp³-hybridized carbons (Fsp3) is 0.400. The van der Waals surface area contributed by atoms with Gasteiger partial charge in [-0.1, -0.05) is 24.3 Å². The Morgan fingerprint density at radius 2 is 1.91 bits per heavy atom. The number of aromatic amines is 1. The summed E-state index contributed by atoms with van der Waals surface area (Å²) in [5, 5.41) is 13.5. The molecule has 1 fully saturated rings. The Hall–Kier alpha value is -3.36. The predicted molar refractivity (Wildman–Crippen MR) is 141 cm³/mol. The third-order valence-corrected chi connectivity index (χ3v) is 7.81. The number of H-pyrrole nitrogens is 1. The summed E-state index contributed by atoms with van der Waals surface area (Å²) in [4.78, 5) is 18.3. The maximum Gasteiger partial charge on any atom is 0.244 e. The lowest BCUT2D eigenvalue weighted by Gasteiger charge is -2.30. The Labute approximate surface area is 207 Å². The van der Waals surface area contributed by atoms with E-state index in [-0.39, 0.29) is 11.9 Å². The van der Waals surface area contributed by atoms with Gasteiger partial charge in [-0.3, -0.25) is 4.79 Å². The number of nitriles is 1. The molecular formula is C30H34N4O. The summed E-state index contributed by atoms with van der Waals surface area (Å²) in [6.07, 6.45) is 13.4. The van der Waals surface area contributed by atoms with Crippen molar-refractivity contribution in [3.8, 4) is 6.07 Å². The van der Waals surface area contributed by atoms with E-state index in [1.165, 1.54) is 30.4 Å². The number of carbonyl (C=O) groups excluding carboxylic acids is 1. The largest absolute Gasteiger partial charge is 0.361 e.